The number of hydrogen-bond acceptors (Lipinski definition) is 3. The van der Waals surface area contributed by atoms with Gasteiger partial charge in [0, 0.05) is 32.3 Å². The van der Waals surface area contributed by atoms with Crippen LogP contribution in [0.25, 0.3) is 0 Å². The molecule has 2 unspecified atom stereocenters. The molecule has 0 aliphatic rings. The fraction of sp³-hybridized carbons (Fsp3) is 0.929. The molecule has 2 atom stereocenters. The summed E-state index contributed by atoms with van der Waals surface area (Å²) >= 11 is 0. The molecule has 0 aliphatic carbocycles. The molecule has 0 aromatic heterocycles. The first-order valence-electron chi connectivity index (χ1n) is 7.29. The number of aliphatic imine (C=N–C) groups is 1. The molecule has 0 amide bonds. The highest BCUT2D eigenvalue weighted by atomic mass is 16.5. The number of ether oxygens (including phenoxy) is 1. The number of guanidine groups is 1. The smallest absolute Gasteiger partial charge is 0.191 e. The van der Waals surface area contributed by atoms with E-state index in [0.717, 1.165) is 25.6 Å². The van der Waals surface area contributed by atoms with Gasteiger partial charge >= 0.3 is 0 Å². The van der Waals surface area contributed by atoms with Gasteiger partial charge in [0.2, 0.25) is 0 Å². The van der Waals surface area contributed by atoms with E-state index in [1.54, 1.807) is 7.11 Å². The lowest BCUT2D eigenvalue weighted by Gasteiger charge is -2.23. The van der Waals surface area contributed by atoms with Gasteiger partial charge in [0.15, 0.2) is 5.96 Å². The molecule has 0 fully saturated rings. The van der Waals surface area contributed by atoms with Crippen LogP contribution in [-0.2, 0) is 4.74 Å². The average Bonchev–Trinajstić information content (AvgIpc) is 2.38. The number of rotatable bonds is 9. The number of methoxy groups -OCH3 is 1. The van der Waals surface area contributed by atoms with Crippen LogP contribution in [0.4, 0.5) is 0 Å². The predicted molar refractivity (Wildman–Crippen MR) is 82.8 cm³/mol. The van der Waals surface area contributed by atoms with Crippen LogP contribution >= 0.6 is 0 Å². The number of nitrogens with zero attached hydrogens (tertiary/aromatic N) is 2. The summed E-state index contributed by atoms with van der Waals surface area (Å²) in [5.41, 5.74) is 0. The van der Waals surface area contributed by atoms with Crippen LogP contribution in [0.1, 0.15) is 34.1 Å². The molecular weight excluding hydrogens is 240 g/mol. The summed E-state index contributed by atoms with van der Waals surface area (Å²) in [4.78, 5) is 6.93. The summed E-state index contributed by atoms with van der Waals surface area (Å²) in [5, 5.41) is 6.58. The van der Waals surface area contributed by atoms with Gasteiger partial charge in [-0.2, -0.15) is 0 Å². The maximum absolute atomic E-state index is 5.12. The van der Waals surface area contributed by atoms with E-state index < -0.39 is 0 Å². The van der Waals surface area contributed by atoms with Crippen LogP contribution < -0.4 is 10.6 Å². The Balaban J connectivity index is 4.18. The van der Waals surface area contributed by atoms with Gasteiger partial charge in [0.25, 0.3) is 0 Å². The maximum Gasteiger partial charge on any atom is 0.191 e. The zero-order chi connectivity index (χ0) is 14.7. The fourth-order valence-corrected chi connectivity index (χ4v) is 1.70. The minimum absolute atomic E-state index is 0.259. The van der Waals surface area contributed by atoms with E-state index in [1.165, 1.54) is 6.42 Å². The number of likely N-dealkylation sites (N-methyl/N-ethyl adjacent to an activating group) is 1. The van der Waals surface area contributed by atoms with Crippen molar-refractivity contribution in [1.82, 2.24) is 15.5 Å². The summed E-state index contributed by atoms with van der Waals surface area (Å²) in [6.07, 6.45) is 1.17. The van der Waals surface area contributed by atoms with E-state index in [4.69, 9.17) is 4.74 Å². The van der Waals surface area contributed by atoms with Crippen LogP contribution in [0, 0.1) is 0 Å². The van der Waals surface area contributed by atoms with Crippen LogP contribution in [0.2, 0.25) is 0 Å². The third-order valence-corrected chi connectivity index (χ3v) is 3.21. The van der Waals surface area contributed by atoms with E-state index in [9.17, 15) is 0 Å². The quantitative estimate of drug-likeness (QED) is 0.491. The van der Waals surface area contributed by atoms with Crippen LogP contribution in [0.15, 0.2) is 4.99 Å². The van der Waals surface area contributed by atoms with Crippen LogP contribution in [0.3, 0.4) is 0 Å². The second-order valence-corrected chi connectivity index (χ2v) is 5.00. The molecule has 0 saturated carbocycles. The first kappa shape index (κ1) is 18.2. The first-order valence-corrected chi connectivity index (χ1v) is 7.29. The van der Waals surface area contributed by atoms with E-state index in [1.807, 2.05) is 0 Å². The minimum Gasteiger partial charge on any atom is -0.383 e. The van der Waals surface area contributed by atoms with E-state index in [0.29, 0.717) is 12.6 Å². The van der Waals surface area contributed by atoms with Crippen molar-refractivity contribution >= 4 is 5.96 Å². The number of nitrogens with one attached hydrogen (secondary N) is 2. The summed E-state index contributed by atoms with van der Waals surface area (Å²) in [5.74, 6) is 0.865. The lowest BCUT2D eigenvalue weighted by Crippen LogP contribution is -2.44. The van der Waals surface area contributed by atoms with Gasteiger partial charge in [0.05, 0.1) is 13.2 Å². The van der Waals surface area contributed by atoms with Crippen molar-refractivity contribution in [3.63, 3.8) is 0 Å². The second-order valence-electron chi connectivity index (χ2n) is 5.00. The van der Waals surface area contributed by atoms with Crippen molar-refractivity contribution in [1.29, 1.82) is 0 Å². The predicted octanol–water partition coefficient (Wildman–Crippen LogP) is 1.31. The zero-order valence-corrected chi connectivity index (χ0v) is 13.5. The van der Waals surface area contributed by atoms with Gasteiger partial charge in [0.1, 0.15) is 0 Å². The van der Waals surface area contributed by atoms with Crippen molar-refractivity contribution in [2.24, 2.45) is 4.99 Å². The Morgan fingerprint density at radius 2 is 2.00 bits per heavy atom. The standard InChI is InChI=1S/C14H32N4O/c1-7-13(4)18(5)10-9-16-14(15-8-2)17-12(3)11-19-6/h12-13H,7-11H2,1-6H3,(H2,15,16,17). The highest BCUT2D eigenvalue weighted by Crippen LogP contribution is 1.98. The molecule has 5 heteroatoms. The highest BCUT2D eigenvalue weighted by Gasteiger charge is 2.07. The molecule has 0 aromatic carbocycles. The van der Waals surface area contributed by atoms with Crippen LogP contribution in [-0.4, -0.2) is 63.3 Å². The Bertz CT molecular complexity index is 246. The summed E-state index contributed by atoms with van der Waals surface area (Å²) in [6, 6.07) is 0.869. The number of hydrogen-bond donors (Lipinski definition) is 2. The van der Waals surface area contributed by atoms with Crippen molar-refractivity contribution < 1.29 is 4.74 Å². The third-order valence-electron chi connectivity index (χ3n) is 3.21. The fourth-order valence-electron chi connectivity index (χ4n) is 1.70. The first-order chi connectivity index (χ1) is 9.04. The molecule has 0 saturated heterocycles. The van der Waals surface area contributed by atoms with Crippen molar-refractivity contribution in [2.75, 3.05) is 40.4 Å². The lowest BCUT2D eigenvalue weighted by atomic mass is 10.2. The van der Waals surface area contributed by atoms with Gasteiger partial charge < -0.3 is 20.3 Å². The Labute approximate surface area is 118 Å². The minimum atomic E-state index is 0.259. The maximum atomic E-state index is 5.12. The molecule has 0 radical (unpaired) electrons. The molecule has 19 heavy (non-hydrogen) atoms. The zero-order valence-electron chi connectivity index (χ0n) is 13.5. The Hall–Kier alpha value is -0.810. The average molecular weight is 272 g/mol. The van der Waals surface area contributed by atoms with Gasteiger partial charge in [-0.25, -0.2) is 0 Å². The molecule has 0 bridgehead atoms. The molecule has 0 aromatic rings. The van der Waals surface area contributed by atoms with Gasteiger partial charge in [-0.1, -0.05) is 6.92 Å². The van der Waals surface area contributed by atoms with Gasteiger partial charge in [-0.15, -0.1) is 0 Å². The Morgan fingerprint density at radius 1 is 1.32 bits per heavy atom. The molecule has 0 heterocycles. The summed E-state index contributed by atoms with van der Waals surface area (Å²) in [6.45, 7) is 11.9. The third kappa shape index (κ3) is 8.83. The van der Waals surface area contributed by atoms with Crippen LogP contribution in [0.5, 0.6) is 0 Å². The Morgan fingerprint density at radius 3 is 2.53 bits per heavy atom. The molecule has 5 nitrogen and oxygen atoms in total. The van der Waals surface area contributed by atoms with Crippen molar-refractivity contribution in [2.45, 2.75) is 46.2 Å². The molecule has 0 spiro atoms. The summed E-state index contributed by atoms with van der Waals surface area (Å²) in [7, 11) is 3.86. The largest absolute Gasteiger partial charge is 0.383 e. The van der Waals surface area contributed by atoms with Gasteiger partial charge in [-0.3, -0.25) is 4.99 Å². The van der Waals surface area contributed by atoms with Crippen molar-refractivity contribution in [3.8, 4) is 0 Å². The Kier molecular flexibility index (Phi) is 10.6. The van der Waals surface area contributed by atoms with E-state index in [2.05, 4.69) is 55.3 Å². The highest BCUT2D eigenvalue weighted by molar-refractivity contribution is 5.80. The second kappa shape index (κ2) is 11.1. The molecule has 114 valence electrons. The lowest BCUT2D eigenvalue weighted by molar-refractivity contribution is 0.179. The monoisotopic (exact) mass is 272 g/mol. The van der Waals surface area contributed by atoms with E-state index >= 15 is 0 Å². The normalized spacial score (nSPS) is 15.4. The topological polar surface area (TPSA) is 48.9 Å². The molecular formula is C14H32N4O. The SMILES string of the molecule is CCNC(=NCCN(C)C(C)CC)NC(C)COC. The van der Waals surface area contributed by atoms with Crippen molar-refractivity contribution in [3.05, 3.63) is 0 Å². The molecule has 2 N–H and O–H groups in total. The van der Waals surface area contributed by atoms with E-state index in [-0.39, 0.29) is 6.04 Å². The molecule has 0 rings (SSSR count). The molecule has 0 aliphatic heterocycles. The van der Waals surface area contributed by atoms with Gasteiger partial charge in [-0.05, 0) is 34.2 Å². The summed E-state index contributed by atoms with van der Waals surface area (Å²) < 4.78 is 5.12.